The number of hydrogen-bond donors (Lipinski definition) is 1. The van der Waals surface area contributed by atoms with E-state index in [9.17, 15) is 4.79 Å². The summed E-state index contributed by atoms with van der Waals surface area (Å²) < 4.78 is 5.54. The van der Waals surface area contributed by atoms with E-state index in [1.807, 2.05) is 18.2 Å². The fraction of sp³-hybridized carbons (Fsp3) is 0.417. The van der Waals surface area contributed by atoms with E-state index in [1.165, 1.54) is 10.5 Å². The molecule has 2 rings (SSSR count). The number of ether oxygens (including phenoxy) is 1. The highest BCUT2D eigenvalue weighted by Crippen LogP contribution is 2.30. The molecule has 16 heavy (non-hydrogen) atoms. The molecule has 0 atom stereocenters. The van der Waals surface area contributed by atoms with E-state index >= 15 is 0 Å². The minimum Gasteiger partial charge on any atom is -0.483 e. The van der Waals surface area contributed by atoms with Gasteiger partial charge in [-0.2, -0.15) is 0 Å². The summed E-state index contributed by atoms with van der Waals surface area (Å²) in [6.07, 6.45) is 0.960. The van der Waals surface area contributed by atoms with E-state index < -0.39 is 0 Å². The third-order valence-electron chi connectivity index (χ3n) is 2.67. The summed E-state index contributed by atoms with van der Waals surface area (Å²) >= 11 is 0. The summed E-state index contributed by atoms with van der Waals surface area (Å²) in [5.74, 6) is 0.793. The molecule has 86 valence electrons. The van der Waals surface area contributed by atoms with Gasteiger partial charge in [-0.25, -0.2) is 0 Å². The Bertz CT molecular complexity index is 402. The molecule has 4 nitrogen and oxygen atoms in total. The Balaban J connectivity index is 2.05. The summed E-state index contributed by atoms with van der Waals surface area (Å²) in [7, 11) is 3.45. The van der Waals surface area contributed by atoms with E-state index in [4.69, 9.17) is 4.74 Å². The van der Waals surface area contributed by atoms with Gasteiger partial charge < -0.3 is 15.0 Å². The maximum atomic E-state index is 11.4. The Morgan fingerprint density at radius 2 is 2.31 bits per heavy atom. The van der Waals surface area contributed by atoms with Gasteiger partial charge in [-0.15, -0.1) is 0 Å². The van der Waals surface area contributed by atoms with Crippen LogP contribution in [0.3, 0.4) is 0 Å². The van der Waals surface area contributed by atoms with E-state index in [2.05, 4.69) is 5.32 Å². The Morgan fingerprint density at radius 1 is 1.50 bits per heavy atom. The van der Waals surface area contributed by atoms with Crippen molar-refractivity contribution in [2.75, 3.05) is 32.6 Å². The predicted octanol–water partition coefficient (Wildman–Crippen LogP) is 1.12. The number of benzene rings is 1. The summed E-state index contributed by atoms with van der Waals surface area (Å²) in [6.45, 7) is 1.04. The summed E-state index contributed by atoms with van der Waals surface area (Å²) in [4.78, 5) is 12.9. The van der Waals surface area contributed by atoms with Gasteiger partial charge in [-0.1, -0.05) is 6.07 Å². The van der Waals surface area contributed by atoms with Crippen molar-refractivity contribution < 1.29 is 9.53 Å². The van der Waals surface area contributed by atoms with Crippen LogP contribution in [0.4, 0.5) is 5.69 Å². The zero-order chi connectivity index (χ0) is 11.5. The molecule has 1 aliphatic rings. The van der Waals surface area contributed by atoms with E-state index in [-0.39, 0.29) is 12.5 Å². The quantitative estimate of drug-likeness (QED) is 0.830. The van der Waals surface area contributed by atoms with E-state index in [0.29, 0.717) is 0 Å². The number of anilines is 1. The zero-order valence-corrected chi connectivity index (χ0v) is 9.62. The smallest absolute Gasteiger partial charge is 0.259 e. The predicted molar refractivity (Wildman–Crippen MR) is 62.8 cm³/mol. The topological polar surface area (TPSA) is 41.6 Å². The van der Waals surface area contributed by atoms with Crippen molar-refractivity contribution in [3.05, 3.63) is 23.8 Å². The number of carbonyl (C=O) groups excluding carboxylic acids is 1. The van der Waals surface area contributed by atoms with Crippen LogP contribution < -0.4 is 10.1 Å². The molecule has 0 radical (unpaired) electrons. The Hall–Kier alpha value is -1.71. The van der Waals surface area contributed by atoms with Gasteiger partial charge in [0.2, 0.25) is 0 Å². The lowest BCUT2D eigenvalue weighted by Gasteiger charge is -2.13. The molecule has 0 fully saturated rings. The van der Waals surface area contributed by atoms with Gasteiger partial charge in [-0.3, -0.25) is 4.79 Å². The molecule has 1 heterocycles. The van der Waals surface area contributed by atoms with Crippen LogP contribution in [-0.2, 0) is 11.2 Å². The fourth-order valence-electron chi connectivity index (χ4n) is 1.72. The van der Waals surface area contributed by atoms with Crippen LogP contribution >= 0.6 is 0 Å². The van der Waals surface area contributed by atoms with Crippen LogP contribution in [0, 0.1) is 0 Å². The van der Waals surface area contributed by atoms with Crippen LogP contribution in [0.15, 0.2) is 18.2 Å². The SMILES string of the molecule is CN(C)C(=O)COc1cccc2c1CCN2. The number of likely N-dealkylation sites (N-methyl/N-ethyl adjacent to an activating group) is 1. The second-order valence-corrected chi connectivity index (χ2v) is 4.04. The number of rotatable bonds is 3. The van der Waals surface area contributed by atoms with Crippen molar-refractivity contribution in [3.8, 4) is 5.75 Å². The number of hydrogen-bond acceptors (Lipinski definition) is 3. The van der Waals surface area contributed by atoms with Gasteiger partial charge in [0.05, 0.1) is 0 Å². The van der Waals surface area contributed by atoms with Gasteiger partial charge >= 0.3 is 0 Å². The number of amides is 1. The molecule has 0 aromatic heterocycles. The van der Waals surface area contributed by atoms with Crippen molar-refractivity contribution in [3.63, 3.8) is 0 Å². The second kappa shape index (κ2) is 4.43. The number of nitrogens with one attached hydrogen (secondary N) is 1. The van der Waals surface area contributed by atoms with Crippen LogP contribution in [0.5, 0.6) is 5.75 Å². The molecule has 0 unspecified atom stereocenters. The number of nitrogens with zero attached hydrogens (tertiary/aromatic N) is 1. The Labute approximate surface area is 95.2 Å². The summed E-state index contributed by atoms with van der Waals surface area (Å²) in [6, 6.07) is 5.88. The van der Waals surface area contributed by atoms with Crippen molar-refractivity contribution in [1.29, 1.82) is 0 Å². The first kappa shape index (κ1) is 10.8. The normalized spacial score (nSPS) is 12.9. The van der Waals surface area contributed by atoms with Crippen LogP contribution in [0.2, 0.25) is 0 Å². The van der Waals surface area contributed by atoms with Crippen molar-refractivity contribution in [2.45, 2.75) is 6.42 Å². The fourth-order valence-corrected chi connectivity index (χ4v) is 1.72. The minimum absolute atomic E-state index is 0.0245. The zero-order valence-electron chi connectivity index (χ0n) is 9.62. The van der Waals surface area contributed by atoms with Crippen molar-refractivity contribution in [1.82, 2.24) is 4.90 Å². The summed E-state index contributed by atoms with van der Waals surface area (Å²) in [5, 5.41) is 3.28. The van der Waals surface area contributed by atoms with Gasteiger partial charge in [0, 0.05) is 31.9 Å². The average Bonchev–Trinajstić information content (AvgIpc) is 2.73. The monoisotopic (exact) mass is 220 g/mol. The Kier molecular flexibility index (Phi) is 2.99. The van der Waals surface area contributed by atoms with Gasteiger partial charge in [0.1, 0.15) is 5.75 Å². The highest BCUT2D eigenvalue weighted by atomic mass is 16.5. The highest BCUT2D eigenvalue weighted by molar-refractivity contribution is 5.77. The van der Waals surface area contributed by atoms with Crippen molar-refractivity contribution >= 4 is 11.6 Å². The number of fused-ring (bicyclic) bond motifs is 1. The maximum absolute atomic E-state index is 11.4. The molecule has 0 saturated heterocycles. The Morgan fingerprint density at radius 3 is 3.06 bits per heavy atom. The lowest BCUT2D eigenvalue weighted by atomic mass is 10.1. The molecule has 4 heteroatoms. The molecule has 1 aromatic rings. The van der Waals surface area contributed by atoms with Crippen LogP contribution in [0.1, 0.15) is 5.56 Å². The average molecular weight is 220 g/mol. The van der Waals surface area contributed by atoms with Gasteiger partial charge in [-0.05, 0) is 18.6 Å². The minimum atomic E-state index is -0.0245. The first-order valence-electron chi connectivity index (χ1n) is 5.37. The maximum Gasteiger partial charge on any atom is 0.259 e. The third-order valence-corrected chi connectivity index (χ3v) is 2.67. The van der Waals surface area contributed by atoms with Crippen molar-refractivity contribution in [2.24, 2.45) is 0 Å². The molecule has 1 aliphatic heterocycles. The molecule has 0 spiro atoms. The molecule has 0 aliphatic carbocycles. The standard InChI is InChI=1S/C12H16N2O2/c1-14(2)12(15)8-16-11-5-3-4-10-9(11)6-7-13-10/h3-5,13H,6-8H2,1-2H3. The van der Waals surface area contributed by atoms with Crippen LogP contribution in [0.25, 0.3) is 0 Å². The molecule has 0 saturated carbocycles. The lowest BCUT2D eigenvalue weighted by molar-refractivity contribution is -0.130. The number of carbonyl (C=O) groups is 1. The van der Waals surface area contributed by atoms with Crippen LogP contribution in [-0.4, -0.2) is 38.1 Å². The third kappa shape index (κ3) is 2.10. The highest BCUT2D eigenvalue weighted by Gasteiger charge is 2.15. The first-order valence-corrected chi connectivity index (χ1v) is 5.37. The molecular formula is C12H16N2O2. The molecule has 1 amide bonds. The lowest BCUT2D eigenvalue weighted by Crippen LogP contribution is -2.27. The van der Waals surface area contributed by atoms with Gasteiger partial charge in [0.15, 0.2) is 6.61 Å². The molecule has 0 bridgehead atoms. The summed E-state index contributed by atoms with van der Waals surface area (Å²) in [5.41, 5.74) is 2.30. The molecule has 1 N–H and O–H groups in total. The molecule has 1 aromatic carbocycles. The first-order chi connectivity index (χ1) is 7.68. The molecular weight excluding hydrogens is 204 g/mol. The van der Waals surface area contributed by atoms with E-state index in [0.717, 1.165) is 24.4 Å². The largest absolute Gasteiger partial charge is 0.483 e. The second-order valence-electron chi connectivity index (χ2n) is 4.04. The van der Waals surface area contributed by atoms with Gasteiger partial charge in [0.25, 0.3) is 5.91 Å². The van der Waals surface area contributed by atoms with E-state index in [1.54, 1.807) is 14.1 Å².